The lowest BCUT2D eigenvalue weighted by atomic mass is 10.0. The molecule has 3 heterocycles. The molecule has 5 heteroatoms. The molecule has 0 saturated carbocycles. The van der Waals surface area contributed by atoms with Crippen LogP contribution in [0.5, 0.6) is 0 Å². The summed E-state index contributed by atoms with van der Waals surface area (Å²) in [5.41, 5.74) is 10.2. The summed E-state index contributed by atoms with van der Waals surface area (Å²) < 4.78 is 8.72. The van der Waals surface area contributed by atoms with Crippen molar-refractivity contribution in [2.75, 3.05) is 0 Å². The SMILES string of the molecule is c1ccc(-c2ccc3c(c2)oc2ccc(-n4c5ccccc5c5cc(-c6nc(-c7ccccc7)nc(-c7ccccc7)n6)ccc54)cc23)cc1. The van der Waals surface area contributed by atoms with Gasteiger partial charge in [0.15, 0.2) is 17.5 Å². The summed E-state index contributed by atoms with van der Waals surface area (Å²) in [6, 6.07) is 58.6. The predicted molar refractivity (Wildman–Crippen MR) is 203 cm³/mol. The van der Waals surface area contributed by atoms with E-state index in [1.807, 2.05) is 66.7 Å². The minimum absolute atomic E-state index is 0.637. The van der Waals surface area contributed by atoms with Crippen LogP contribution in [0.15, 0.2) is 174 Å². The molecule has 0 aliphatic rings. The highest BCUT2D eigenvalue weighted by Gasteiger charge is 2.18. The number of aromatic nitrogens is 4. The van der Waals surface area contributed by atoms with Crippen molar-refractivity contribution in [1.82, 2.24) is 19.5 Å². The van der Waals surface area contributed by atoms with Gasteiger partial charge in [0.1, 0.15) is 11.2 Å². The molecule has 0 N–H and O–H groups in total. The van der Waals surface area contributed by atoms with Crippen LogP contribution in [0.3, 0.4) is 0 Å². The quantitative estimate of drug-likeness (QED) is 0.188. The molecule has 0 radical (unpaired) electrons. The third kappa shape index (κ3) is 4.67. The van der Waals surface area contributed by atoms with Crippen LogP contribution in [0, 0.1) is 0 Å². The van der Waals surface area contributed by atoms with Crippen molar-refractivity contribution in [3.63, 3.8) is 0 Å². The van der Waals surface area contributed by atoms with Gasteiger partial charge in [-0.05, 0) is 65.7 Å². The van der Waals surface area contributed by atoms with E-state index in [1.54, 1.807) is 0 Å². The Morgan fingerprint density at radius 2 is 0.920 bits per heavy atom. The maximum atomic E-state index is 6.38. The van der Waals surface area contributed by atoms with E-state index in [9.17, 15) is 0 Å². The summed E-state index contributed by atoms with van der Waals surface area (Å²) in [5, 5.41) is 4.48. The first kappa shape index (κ1) is 28.2. The maximum absolute atomic E-state index is 6.38. The van der Waals surface area contributed by atoms with E-state index in [0.29, 0.717) is 17.5 Å². The van der Waals surface area contributed by atoms with Gasteiger partial charge in [0.05, 0.1) is 11.0 Å². The topological polar surface area (TPSA) is 56.7 Å². The highest BCUT2D eigenvalue weighted by atomic mass is 16.3. The van der Waals surface area contributed by atoms with Crippen molar-refractivity contribution in [3.05, 3.63) is 170 Å². The second-order valence-corrected chi connectivity index (χ2v) is 12.5. The smallest absolute Gasteiger partial charge is 0.164 e. The van der Waals surface area contributed by atoms with Crippen LogP contribution in [-0.4, -0.2) is 19.5 Å². The summed E-state index contributed by atoms with van der Waals surface area (Å²) in [6.45, 7) is 0. The molecule has 3 aromatic heterocycles. The lowest BCUT2D eigenvalue weighted by Gasteiger charge is -2.10. The number of hydrogen-bond acceptors (Lipinski definition) is 4. The molecule has 0 unspecified atom stereocenters. The Morgan fingerprint density at radius 1 is 0.340 bits per heavy atom. The summed E-state index contributed by atoms with van der Waals surface area (Å²) in [5.74, 6) is 1.93. The van der Waals surface area contributed by atoms with Gasteiger partial charge in [0.25, 0.3) is 0 Å². The van der Waals surface area contributed by atoms with Crippen molar-refractivity contribution in [2.45, 2.75) is 0 Å². The minimum atomic E-state index is 0.637. The van der Waals surface area contributed by atoms with E-state index < -0.39 is 0 Å². The van der Waals surface area contributed by atoms with Crippen LogP contribution in [0.4, 0.5) is 0 Å². The fourth-order valence-corrected chi connectivity index (χ4v) is 7.04. The number of hydrogen-bond donors (Lipinski definition) is 0. The maximum Gasteiger partial charge on any atom is 0.164 e. The third-order valence-electron chi connectivity index (χ3n) is 9.45. The highest BCUT2D eigenvalue weighted by Crippen LogP contribution is 2.38. The monoisotopic (exact) mass is 640 g/mol. The Labute approximate surface area is 287 Å². The first-order valence-electron chi connectivity index (χ1n) is 16.7. The van der Waals surface area contributed by atoms with Gasteiger partial charge in [-0.1, -0.05) is 115 Å². The third-order valence-corrected chi connectivity index (χ3v) is 9.45. The number of fused-ring (bicyclic) bond motifs is 6. The zero-order chi connectivity index (χ0) is 33.0. The molecule has 0 spiro atoms. The average Bonchev–Trinajstić information content (AvgIpc) is 3.73. The lowest BCUT2D eigenvalue weighted by molar-refractivity contribution is 0.669. The van der Waals surface area contributed by atoms with E-state index in [1.165, 1.54) is 5.56 Å². The summed E-state index contributed by atoms with van der Waals surface area (Å²) in [4.78, 5) is 14.9. The highest BCUT2D eigenvalue weighted by molar-refractivity contribution is 6.11. The van der Waals surface area contributed by atoms with Gasteiger partial charge in [0.2, 0.25) is 0 Å². The van der Waals surface area contributed by atoms with Crippen molar-refractivity contribution in [1.29, 1.82) is 0 Å². The van der Waals surface area contributed by atoms with Gasteiger partial charge < -0.3 is 8.98 Å². The Morgan fingerprint density at radius 3 is 1.62 bits per heavy atom. The van der Waals surface area contributed by atoms with E-state index in [-0.39, 0.29) is 0 Å². The molecule has 0 bridgehead atoms. The summed E-state index contributed by atoms with van der Waals surface area (Å²) in [7, 11) is 0. The molecular weight excluding hydrogens is 613 g/mol. The van der Waals surface area contributed by atoms with Crippen LogP contribution in [0.1, 0.15) is 0 Å². The van der Waals surface area contributed by atoms with Gasteiger partial charge in [0, 0.05) is 43.9 Å². The number of furan rings is 1. The number of rotatable bonds is 5. The molecule has 0 aliphatic carbocycles. The molecule has 7 aromatic carbocycles. The Balaban J connectivity index is 1.13. The first-order chi connectivity index (χ1) is 24.8. The Bertz CT molecular complexity index is 2800. The molecule has 0 atom stereocenters. The van der Waals surface area contributed by atoms with E-state index in [0.717, 1.165) is 71.7 Å². The Kier molecular flexibility index (Phi) is 6.42. The second kappa shape index (κ2) is 11.4. The lowest BCUT2D eigenvalue weighted by Crippen LogP contribution is -2.00. The predicted octanol–water partition coefficient (Wildman–Crippen LogP) is 11.5. The van der Waals surface area contributed by atoms with Crippen LogP contribution in [0.25, 0.3) is 94.7 Å². The normalized spacial score (nSPS) is 11.6. The first-order valence-corrected chi connectivity index (χ1v) is 16.7. The molecule has 10 rings (SSSR count). The molecule has 0 saturated heterocycles. The van der Waals surface area contributed by atoms with Gasteiger partial charge in [-0.15, -0.1) is 0 Å². The van der Waals surface area contributed by atoms with Crippen LogP contribution in [-0.2, 0) is 0 Å². The number of benzene rings is 7. The second-order valence-electron chi connectivity index (χ2n) is 12.5. The molecule has 0 fully saturated rings. The van der Waals surface area contributed by atoms with E-state index in [4.69, 9.17) is 19.4 Å². The fraction of sp³-hybridized carbons (Fsp3) is 0. The van der Waals surface area contributed by atoms with E-state index >= 15 is 0 Å². The zero-order valence-corrected chi connectivity index (χ0v) is 26.9. The minimum Gasteiger partial charge on any atom is -0.456 e. The zero-order valence-electron chi connectivity index (χ0n) is 26.9. The van der Waals surface area contributed by atoms with Gasteiger partial charge in [-0.3, -0.25) is 0 Å². The molecule has 0 aliphatic heterocycles. The van der Waals surface area contributed by atoms with Gasteiger partial charge >= 0.3 is 0 Å². The summed E-state index contributed by atoms with van der Waals surface area (Å²) >= 11 is 0. The molecule has 0 amide bonds. The van der Waals surface area contributed by atoms with Crippen molar-refractivity contribution in [3.8, 4) is 51.0 Å². The van der Waals surface area contributed by atoms with Crippen molar-refractivity contribution in [2.24, 2.45) is 0 Å². The number of para-hydroxylation sites is 1. The van der Waals surface area contributed by atoms with Crippen molar-refractivity contribution < 1.29 is 4.42 Å². The fourth-order valence-electron chi connectivity index (χ4n) is 7.04. The molecule has 5 nitrogen and oxygen atoms in total. The number of nitrogens with zero attached hydrogens (tertiary/aromatic N) is 4. The molecule has 10 aromatic rings. The molecule has 50 heavy (non-hydrogen) atoms. The average molecular weight is 641 g/mol. The van der Waals surface area contributed by atoms with Crippen molar-refractivity contribution >= 4 is 43.7 Å². The molecule has 234 valence electrons. The molecular formula is C45H28N4O. The van der Waals surface area contributed by atoms with Crippen LogP contribution in [0.2, 0.25) is 0 Å². The van der Waals surface area contributed by atoms with Crippen LogP contribution >= 0.6 is 0 Å². The van der Waals surface area contributed by atoms with Gasteiger partial charge in [-0.2, -0.15) is 0 Å². The Hall–Kier alpha value is -6.85. The standard InChI is InChI=1S/C45H28N4O/c1-4-12-29(13-5-1)32-20-23-36-38-28-34(22-25-41(38)50-42(36)27-32)49-39-19-11-10-18-35(39)37-26-33(21-24-40(37)49)45-47-43(30-14-6-2-7-15-30)46-44(48-45)31-16-8-3-9-17-31/h1-28H. The largest absolute Gasteiger partial charge is 0.456 e. The van der Waals surface area contributed by atoms with E-state index in [2.05, 4.69) is 108 Å². The van der Waals surface area contributed by atoms with Crippen LogP contribution < -0.4 is 0 Å². The van der Waals surface area contributed by atoms with Gasteiger partial charge in [-0.25, -0.2) is 15.0 Å². The summed E-state index contributed by atoms with van der Waals surface area (Å²) in [6.07, 6.45) is 0.